The second-order valence-corrected chi connectivity index (χ2v) is 7.85. The van der Waals surface area contributed by atoms with Crippen LogP contribution in [-0.4, -0.2) is 48.3 Å². The largest absolute Gasteiger partial charge is 0.374 e. The molecule has 114 valence electrons. The van der Waals surface area contributed by atoms with E-state index in [2.05, 4.69) is 17.1 Å². The predicted octanol–water partition coefficient (Wildman–Crippen LogP) is 2.55. The van der Waals surface area contributed by atoms with E-state index >= 15 is 0 Å². The number of hydrogen-bond acceptors (Lipinski definition) is 3. The molecule has 2 aliphatic heterocycles. The fraction of sp³-hybridized carbons (Fsp3) is 1.00. The molecule has 2 aliphatic carbocycles. The average molecular weight is 278 g/mol. The molecule has 2 heterocycles. The molecule has 3 nitrogen and oxygen atoms in total. The van der Waals surface area contributed by atoms with Crippen molar-refractivity contribution in [3.05, 3.63) is 0 Å². The Morgan fingerprint density at radius 2 is 1.95 bits per heavy atom. The summed E-state index contributed by atoms with van der Waals surface area (Å²) in [4.78, 5) is 2.82. The number of ether oxygens (including phenoxy) is 1. The third-order valence-electron chi connectivity index (χ3n) is 6.15. The minimum Gasteiger partial charge on any atom is -0.374 e. The Hall–Kier alpha value is -0.120. The molecule has 0 aromatic carbocycles. The number of hydrogen-bond donors (Lipinski definition) is 1. The first-order valence-corrected chi connectivity index (χ1v) is 8.89. The third kappa shape index (κ3) is 2.65. The highest BCUT2D eigenvalue weighted by atomic mass is 16.5. The van der Waals surface area contributed by atoms with E-state index in [1.54, 1.807) is 0 Å². The van der Waals surface area contributed by atoms with E-state index in [0.717, 1.165) is 12.0 Å². The number of rotatable bonds is 3. The van der Waals surface area contributed by atoms with Gasteiger partial charge in [0.05, 0.1) is 12.2 Å². The maximum Gasteiger partial charge on any atom is 0.0706 e. The zero-order valence-electron chi connectivity index (χ0n) is 12.9. The van der Waals surface area contributed by atoms with Gasteiger partial charge in [0.25, 0.3) is 0 Å². The lowest BCUT2D eigenvalue weighted by Crippen LogP contribution is -2.64. The topological polar surface area (TPSA) is 24.5 Å². The second kappa shape index (κ2) is 5.26. The fourth-order valence-electron chi connectivity index (χ4n) is 4.83. The molecule has 4 rings (SSSR count). The van der Waals surface area contributed by atoms with Crippen LogP contribution in [0.2, 0.25) is 0 Å². The van der Waals surface area contributed by atoms with Gasteiger partial charge < -0.3 is 10.1 Å². The van der Waals surface area contributed by atoms with E-state index in [-0.39, 0.29) is 0 Å². The van der Waals surface area contributed by atoms with Gasteiger partial charge in [-0.1, -0.05) is 12.8 Å². The summed E-state index contributed by atoms with van der Waals surface area (Å²) in [5, 5.41) is 3.95. The monoisotopic (exact) mass is 278 g/mol. The van der Waals surface area contributed by atoms with Gasteiger partial charge in [0.1, 0.15) is 0 Å². The molecule has 2 saturated carbocycles. The van der Waals surface area contributed by atoms with Gasteiger partial charge >= 0.3 is 0 Å². The molecule has 1 N–H and O–H groups in total. The summed E-state index contributed by atoms with van der Waals surface area (Å²) in [6.07, 6.45) is 12.1. The molecule has 2 saturated heterocycles. The van der Waals surface area contributed by atoms with Gasteiger partial charge in [0.15, 0.2) is 0 Å². The molecular formula is C17H30N2O. The molecular weight excluding hydrogens is 248 g/mol. The first-order chi connectivity index (χ1) is 9.74. The van der Waals surface area contributed by atoms with Gasteiger partial charge in [-0.3, -0.25) is 4.90 Å². The molecule has 20 heavy (non-hydrogen) atoms. The van der Waals surface area contributed by atoms with E-state index in [9.17, 15) is 0 Å². The van der Waals surface area contributed by atoms with Crippen molar-refractivity contribution in [2.45, 2.75) is 82.1 Å². The minimum absolute atomic E-state index is 0.454. The van der Waals surface area contributed by atoms with Crippen LogP contribution in [0.4, 0.5) is 0 Å². The van der Waals surface area contributed by atoms with Crippen LogP contribution in [0.25, 0.3) is 0 Å². The number of nitrogens with one attached hydrogen (secondary N) is 1. The van der Waals surface area contributed by atoms with Gasteiger partial charge in [-0.25, -0.2) is 0 Å². The molecule has 4 aliphatic rings. The first kappa shape index (κ1) is 13.5. The van der Waals surface area contributed by atoms with Crippen molar-refractivity contribution < 1.29 is 4.74 Å². The quantitative estimate of drug-likeness (QED) is 0.858. The van der Waals surface area contributed by atoms with Crippen LogP contribution in [0.1, 0.15) is 58.3 Å². The third-order valence-corrected chi connectivity index (χ3v) is 6.15. The van der Waals surface area contributed by atoms with Crippen molar-refractivity contribution in [2.75, 3.05) is 19.6 Å². The summed E-state index contributed by atoms with van der Waals surface area (Å²) in [5.74, 6) is 0.972. The molecule has 0 radical (unpaired) electrons. The highest BCUT2D eigenvalue weighted by molar-refractivity contribution is 5.04. The summed E-state index contributed by atoms with van der Waals surface area (Å²) in [7, 11) is 0. The molecule has 0 aromatic heterocycles. The molecule has 0 amide bonds. The predicted molar refractivity (Wildman–Crippen MR) is 80.9 cm³/mol. The van der Waals surface area contributed by atoms with E-state index in [1.165, 1.54) is 71.0 Å². The molecule has 0 bridgehead atoms. The Kier molecular flexibility index (Phi) is 3.56. The molecule has 3 unspecified atom stereocenters. The molecule has 3 heteroatoms. The van der Waals surface area contributed by atoms with Crippen molar-refractivity contribution in [2.24, 2.45) is 5.92 Å². The molecule has 0 aromatic rings. The summed E-state index contributed by atoms with van der Waals surface area (Å²) in [6, 6.07) is 0.792. The van der Waals surface area contributed by atoms with Gasteiger partial charge in [-0.15, -0.1) is 0 Å². The zero-order valence-corrected chi connectivity index (χ0v) is 12.9. The lowest BCUT2D eigenvalue weighted by Gasteiger charge is -2.47. The van der Waals surface area contributed by atoms with E-state index in [4.69, 9.17) is 4.74 Å². The Morgan fingerprint density at radius 3 is 2.60 bits per heavy atom. The van der Waals surface area contributed by atoms with Crippen LogP contribution in [-0.2, 0) is 4.74 Å². The number of nitrogens with zero attached hydrogens (tertiary/aromatic N) is 1. The Bertz CT molecular complexity index is 349. The smallest absolute Gasteiger partial charge is 0.0706 e. The first-order valence-electron chi connectivity index (χ1n) is 8.89. The van der Waals surface area contributed by atoms with Crippen molar-refractivity contribution in [3.8, 4) is 0 Å². The maximum absolute atomic E-state index is 6.10. The van der Waals surface area contributed by atoms with Gasteiger partial charge in [-0.05, 0) is 51.4 Å². The number of piperazine rings is 1. The summed E-state index contributed by atoms with van der Waals surface area (Å²) in [5.41, 5.74) is 0.454. The summed E-state index contributed by atoms with van der Waals surface area (Å²) in [6.45, 7) is 5.93. The van der Waals surface area contributed by atoms with E-state index in [1.807, 2.05) is 0 Å². The Labute approximate surface area is 123 Å². The fourth-order valence-corrected chi connectivity index (χ4v) is 4.83. The normalized spacial score (nSPS) is 41.5. The van der Waals surface area contributed by atoms with Gasteiger partial charge in [0.2, 0.25) is 0 Å². The van der Waals surface area contributed by atoms with Crippen LogP contribution in [0.15, 0.2) is 0 Å². The van der Waals surface area contributed by atoms with Crippen LogP contribution in [0.5, 0.6) is 0 Å². The van der Waals surface area contributed by atoms with Crippen LogP contribution >= 0.6 is 0 Å². The van der Waals surface area contributed by atoms with Crippen LogP contribution in [0, 0.1) is 5.92 Å². The van der Waals surface area contributed by atoms with Crippen molar-refractivity contribution >= 4 is 0 Å². The molecule has 1 spiro atoms. The minimum atomic E-state index is 0.454. The van der Waals surface area contributed by atoms with Crippen LogP contribution < -0.4 is 5.32 Å². The molecule has 4 fully saturated rings. The highest BCUT2D eigenvalue weighted by Crippen LogP contribution is 2.41. The maximum atomic E-state index is 6.10. The van der Waals surface area contributed by atoms with Gasteiger partial charge in [0, 0.05) is 31.2 Å². The van der Waals surface area contributed by atoms with Gasteiger partial charge in [-0.2, -0.15) is 0 Å². The van der Waals surface area contributed by atoms with E-state index < -0.39 is 0 Å². The van der Waals surface area contributed by atoms with E-state index in [0.29, 0.717) is 17.7 Å². The second-order valence-electron chi connectivity index (χ2n) is 7.85. The average Bonchev–Trinajstić information content (AvgIpc) is 3.05. The molecule has 3 atom stereocenters. The van der Waals surface area contributed by atoms with Crippen molar-refractivity contribution in [1.29, 1.82) is 0 Å². The Morgan fingerprint density at radius 1 is 1.15 bits per heavy atom. The zero-order chi connectivity index (χ0) is 13.6. The van der Waals surface area contributed by atoms with Crippen molar-refractivity contribution in [3.63, 3.8) is 0 Å². The van der Waals surface area contributed by atoms with Crippen LogP contribution in [0.3, 0.4) is 0 Å². The van der Waals surface area contributed by atoms with Crippen molar-refractivity contribution in [1.82, 2.24) is 10.2 Å². The summed E-state index contributed by atoms with van der Waals surface area (Å²) < 4.78 is 6.10. The highest BCUT2D eigenvalue weighted by Gasteiger charge is 2.46. The Balaban J connectivity index is 1.43. The SMILES string of the molecule is CC1CCC(CN2CC3(CCCC3)NCC2C2CC2)O1. The lowest BCUT2D eigenvalue weighted by atomic mass is 9.90. The standard InChI is InChI=1S/C17H30N2O/c1-13-4-7-15(20-13)11-19-12-17(8-2-3-9-17)18-10-16(19)14-5-6-14/h13-16,18H,2-12H2,1H3. The lowest BCUT2D eigenvalue weighted by molar-refractivity contribution is -0.00554. The summed E-state index contributed by atoms with van der Waals surface area (Å²) >= 11 is 0.